The van der Waals surface area contributed by atoms with Gasteiger partial charge in [-0.2, -0.15) is 0 Å². The van der Waals surface area contributed by atoms with Gasteiger partial charge in [-0.15, -0.1) is 0 Å². The zero-order valence-corrected chi connectivity index (χ0v) is 31.1. The highest BCUT2D eigenvalue weighted by atomic mass is 32.2. The van der Waals surface area contributed by atoms with Crippen molar-refractivity contribution in [3.05, 3.63) is 162 Å². The maximum absolute atomic E-state index is 14.6. The quantitative estimate of drug-likeness (QED) is 0.183. The molecule has 1 spiro atoms. The van der Waals surface area contributed by atoms with Crippen LogP contribution in [-0.2, 0) is 20.7 Å². The molecule has 1 heterocycles. The SMILES string of the molecule is CC1(C)c2ccccc2-c2ccc(N(c3ccc(-c4ccccc4)cc3)c3ccc4c(c3)C3(c5ccccc5S4(=O)=O)C4CC5CC(C4)CC3C5)cc21. The largest absolute Gasteiger partial charge is 0.310 e. The van der Waals surface area contributed by atoms with Gasteiger partial charge in [0.25, 0.3) is 0 Å². The van der Waals surface area contributed by atoms with Gasteiger partial charge in [-0.05, 0) is 149 Å². The summed E-state index contributed by atoms with van der Waals surface area (Å²) >= 11 is 0. The first kappa shape index (κ1) is 31.6. The lowest BCUT2D eigenvalue weighted by atomic mass is 9.42. The predicted octanol–water partition coefficient (Wildman–Crippen LogP) is 12.0. The van der Waals surface area contributed by atoms with E-state index in [2.05, 4.69) is 140 Å². The Hall–Kier alpha value is -4.93. The van der Waals surface area contributed by atoms with Crippen molar-refractivity contribution in [1.82, 2.24) is 0 Å². The predicted molar refractivity (Wildman–Crippen MR) is 214 cm³/mol. The topological polar surface area (TPSA) is 37.4 Å². The van der Waals surface area contributed by atoms with Crippen molar-refractivity contribution in [3.8, 4) is 22.3 Å². The lowest BCUT2D eigenvalue weighted by Crippen LogP contribution is -2.57. The minimum atomic E-state index is -3.69. The van der Waals surface area contributed by atoms with Crippen molar-refractivity contribution in [1.29, 1.82) is 0 Å². The highest BCUT2D eigenvalue weighted by Crippen LogP contribution is 2.68. The maximum atomic E-state index is 14.6. The minimum absolute atomic E-state index is 0.150. The van der Waals surface area contributed by atoms with Crippen molar-refractivity contribution in [2.24, 2.45) is 23.7 Å². The third-order valence-corrected chi connectivity index (χ3v) is 15.9. The van der Waals surface area contributed by atoms with Crippen LogP contribution in [0, 0.1) is 23.7 Å². The van der Waals surface area contributed by atoms with Gasteiger partial charge in [-0.3, -0.25) is 0 Å². The Morgan fingerprint density at radius 1 is 0.491 bits per heavy atom. The first-order valence-corrected chi connectivity index (χ1v) is 20.9. The lowest BCUT2D eigenvalue weighted by Gasteiger charge is -2.63. The van der Waals surface area contributed by atoms with Gasteiger partial charge in [-0.25, -0.2) is 8.42 Å². The molecule has 1 aliphatic heterocycles. The zero-order valence-electron chi connectivity index (χ0n) is 30.3. The highest BCUT2D eigenvalue weighted by molar-refractivity contribution is 7.91. The second-order valence-electron chi connectivity index (χ2n) is 17.0. The third kappa shape index (κ3) is 4.30. The summed E-state index contributed by atoms with van der Waals surface area (Å²) in [4.78, 5) is 3.41. The maximum Gasteiger partial charge on any atom is 0.207 e. The molecule has 0 radical (unpaired) electrons. The summed E-state index contributed by atoms with van der Waals surface area (Å²) in [5.41, 5.74) is 12.4. The molecule has 6 aromatic carbocycles. The van der Waals surface area contributed by atoms with Gasteiger partial charge in [0, 0.05) is 27.9 Å². The van der Waals surface area contributed by atoms with E-state index in [0.717, 1.165) is 40.0 Å². The van der Waals surface area contributed by atoms with E-state index >= 15 is 0 Å². The molecule has 0 saturated heterocycles. The average molecular weight is 710 g/mol. The van der Waals surface area contributed by atoms with Crippen molar-refractivity contribution < 1.29 is 8.42 Å². The Kier molecular flexibility index (Phi) is 6.59. The van der Waals surface area contributed by atoms with Gasteiger partial charge in [-0.1, -0.05) is 105 Å². The molecule has 53 heavy (non-hydrogen) atoms. The number of rotatable bonds is 4. The van der Waals surface area contributed by atoms with E-state index in [1.54, 1.807) is 0 Å². The van der Waals surface area contributed by atoms with Crippen LogP contribution < -0.4 is 4.90 Å². The van der Waals surface area contributed by atoms with Gasteiger partial charge in [0.2, 0.25) is 9.84 Å². The van der Waals surface area contributed by atoms with Crippen LogP contribution in [0.1, 0.15) is 68.2 Å². The second-order valence-corrected chi connectivity index (χ2v) is 18.9. The van der Waals surface area contributed by atoms with Crippen molar-refractivity contribution in [3.63, 3.8) is 0 Å². The Balaban J connectivity index is 1.13. The van der Waals surface area contributed by atoms with Gasteiger partial charge in [0.1, 0.15) is 0 Å². The van der Waals surface area contributed by atoms with Gasteiger partial charge in [0.05, 0.1) is 9.79 Å². The molecule has 0 unspecified atom stereocenters. The fourth-order valence-electron chi connectivity index (χ4n) is 12.0. The van der Waals surface area contributed by atoms with Crippen LogP contribution >= 0.6 is 0 Å². The Bertz CT molecular complexity index is 2540. The summed E-state index contributed by atoms with van der Waals surface area (Å²) in [5.74, 6) is 2.42. The minimum Gasteiger partial charge on any atom is -0.310 e. The summed E-state index contributed by atoms with van der Waals surface area (Å²) in [5, 5.41) is 0. The molecular formula is C49H43NO2S. The third-order valence-electron chi connectivity index (χ3n) is 14.1. The van der Waals surface area contributed by atoms with Crippen LogP contribution in [0.25, 0.3) is 22.3 Å². The first-order chi connectivity index (χ1) is 25.7. The molecule has 0 aromatic heterocycles. The monoisotopic (exact) mass is 709 g/mol. The van der Waals surface area contributed by atoms with E-state index < -0.39 is 9.84 Å². The number of nitrogens with zero attached hydrogens (tertiary/aromatic N) is 1. The fourth-order valence-corrected chi connectivity index (χ4v) is 13.8. The molecule has 4 heteroatoms. The van der Waals surface area contributed by atoms with E-state index in [0.29, 0.717) is 21.6 Å². The normalized spacial score (nSPS) is 26.1. The second kappa shape index (κ2) is 11.1. The van der Waals surface area contributed by atoms with Gasteiger partial charge in [0.15, 0.2) is 0 Å². The Labute approximate surface area is 313 Å². The number of hydrogen-bond acceptors (Lipinski definition) is 3. The Morgan fingerprint density at radius 3 is 1.74 bits per heavy atom. The van der Waals surface area contributed by atoms with Crippen molar-refractivity contribution in [2.45, 2.75) is 66.6 Å². The number of benzene rings is 6. The Morgan fingerprint density at radius 2 is 1.02 bits per heavy atom. The first-order valence-electron chi connectivity index (χ1n) is 19.4. The fraction of sp³-hybridized carbons (Fsp3) is 0.265. The molecule has 0 atom stereocenters. The van der Waals surface area contributed by atoms with Crippen LogP contribution in [0.2, 0.25) is 0 Å². The summed E-state index contributed by atoms with van der Waals surface area (Å²) in [6.45, 7) is 4.66. The van der Waals surface area contributed by atoms with E-state index in [-0.39, 0.29) is 10.8 Å². The smallest absolute Gasteiger partial charge is 0.207 e. The number of hydrogen-bond donors (Lipinski definition) is 0. The zero-order chi connectivity index (χ0) is 35.7. The molecule has 6 aliphatic rings. The summed E-state index contributed by atoms with van der Waals surface area (Å²) in [6.07, 6.45) is 6.11. The molecule has 4 fully saturated rings. The highest BCUT2D eigenvalue weighted by Gasteiger charge is 2.62. The molecule has 6 aromatic rings. The van der Waals surface area contributed by atoms with Crippen LogP contribution in [0.15, 0.2) is 149 Å². The van der Waals surface area contributed by atoms with Crippen LogP contribution in [0.3, 0.4) is 0 Å². The molecule has 3 nitrogen and oxygen atoms in total. The average Bonchev–Trinajstić information content (AvgIpc) is 3.41. The summed E-state index contributed by atoms with van der Waals surface area (Å²) in [6, 6.07) is 49.4. The lowest BCUT2D eigenvalue weighted by molar-refractivity contribution is -0.0446. The molecular weight excluding hydrogens is 667 g/mol. The molecule has 262 valence electrons. The van der Waals surface area contributed by atoms with E-state index in [1.807, 2.05) is 18.2 Å². The van der Waals surface area contributed by atoms with Crippen molar-refractivity contribution >= 4 is 26.9 Å². The van der Waals surface area contributed by atoms with Crippen molar-refractivity contribution in [2.75, 3.05) is 4.90 Å². The van der Waals surface area contributed by atoms with E-state index in [1.165, 1.54) is 65.5 Å². The molecule has 0 amide bonds. The molecule has 5 aliphatic carbocycles. The molecule has 4 saturated carbocycles. The van der Waals surface area contributed by atoms with Gasteiger partial charge < -0.3 is 4.90 Å². The van der Waals surface area contributed by atoms with Crippen LogP contribution in [0.5, 0.6) is 0 Å². The molecule has 12 rings (SSSR count). The summed E-state index contributed by atoms with van der Waals surface area (Å²) in [7, 11) is -3.69. The summed E-state index contributed by atoms with van der Waals surface area (Å²) < 4.78 is 29.2. The van der Waals surface area contributed by atoms with Crippen LogP contribution in [-0.4, -0.2) is 8.42 Å². The molecule has 4 bridgehead atoms. The standard InChI is InChI=1S/C49H43NO2S/c1-48(2)42-13-7-6-12-40(42)41-22-20-38(29-44(41)48)50(37-18-16-34(17-19-37)33-10-4-3-5-11-33)39-21-23-47-45(30-39)49(43-14-8-9-15-46(43)53(47,51)52)35-25-31-24-32(27-35)28-36(49)26-31/h3-23,29-32,35-36H,24-28H2,1-2H3. The van der Waals surface area contributed by atoms with Crippen LogP contribution in [0.4, 0.5) is 17.1 Å². The molecule has 0 N–H and O–H groups in total. The van der Waals surface area contributed by atoms with Gasteiger partial charge >= 0.3 is 0 Å². The van der Waals surface area contributed by atoms with E-state index in [4.69, 9.17) is 0 Å². The van der Waals surface area contributed by atoms with E-state index in [9.17, 15) is 8.42 Å². The number of anilines is 3. The number of fused-ring (bicyclic) bond motifs is 5. The number of sulfone groups is 1.